The monoisotopic (exact) mass is 436 g/mol. The summed E-state index contributed by atoms with van der Waals surface area (Å²) in [5.74, 6) is 0.613. The third kappa shape index (κ3) is 5.13. The van der Waals surface area contributed by atoms with Gasteiger partial charge in [-0.2, -0.15) is 0 Å². The van der Waals surface area contributed by atoms with Crippen molar-refractivity contribution in [1.82, 2.24) is 0 Å². The predicted octanol–water partition coefficient (Wildman–Crippen LogP) is 3.62. The topological polar surface area (TPSA) is 68.2 Å². The zero-order valence-corrected chi connectivity index (χ0v) is 17.4. The van der Waals surface area contributed by atoms with Crippen molar-refractivity contribution < 1.29 is 28.8 Å². The Bertz CT molecular complexity index is 855. The van der Waals surface area contributed by atoms with E-state index in [0.29, 0.717) is 30.0 Å². The predicted molar refractivity (Wildman–Crippen MR) is 111 cm³/mol. The highest BCUT2D eigenvalue weighted by Gasteiger charge is 2.39. The van der Waals surface area contributed by atoms with Gasteiger partial charge in [0.15, 0.2) is 5.67 Å². The Kier molecular flexibility index (Phi) is 6.60. The first-order valence-corrected chi connectivity index (χ1v) is 10.5. The van der Waals surface area contributed by atoms with Gasteiger partial charge in [0.25, 0.3) is 0 Å². The molecule has 2 aliphatic heterocycles. The maximum Gasteiger partial charge on any atom is 0.190 e. The second kappa shape index (κ2) is 9.20. The normalized spacial score (nSPS) is 25.5. The van der Waals surface area contributed by atoms with Crippen molar-refractivity contribution in [2.75, 3.05) is 26.4 Å². The fraction of sp³-hybridized carbons (Fsp3) is 0.478. The lowest BCUT2D eigenvalue weighted by Crippen LogP contribution is -2.50. The Hall–Kier alpha value is -1.70. The molecule has 0 radical (unpaired) electrons. The molecule has 2 aromatic rings. The van der Waals surface area contributed by atoms with Gasteiger partial charge in [0.1, 0.15) is 12.4 Å². The van der Waals surface area contributed by atoms with Crippen LogP contribution in [0.1, 0.15) is 35.6 Å². The van der Waals surface area contributed by atoms with Crippen LogP contribution in [0.2, 0.25) is 5.02 Å². The number of ether oxygens (including phenoxy) is 3. The molecule has 7 heteroatoms. The summed E-state index contributed by atoms with van der Waals surface area (Å²) in [6.45, 7) is 0.0443. The summed E-state index contributed by atoms with van der Waals surface area (Å²) in [6.07, 6.45) is 0.416. The SMILES string of the molecule is OCC1CC(O)C[C@H](c2ccc(Cl)c(Cc3ccc(OCC4(F)COC4)cc3)c2)O1. The van der Waals surface area contributed by atoms with Gasteiger partial charge in [0.05, 0.1) is 38.1 Å². The quantitative estimate of drug-likeness (QED) is 0.693. The van der Waals surface area contributed by atoms with E-state index in [9.17, 15) is 14.6 Å². The van der Waals surface area contributed by atoms with E-state index < -0.39 is 11.8 Å². The number of benzene rings is 2. The summed E-state index contributed by atoms with van der Waals surface area (Å²) in [7, 11) is 0. The van der Waals surface area contributed by atoms with E-state index >= 15 is 0 Å². The van der Waals surface area contributed by atoms with Gasteiger partial charge in [-0.25, -0.2) is 4.39 Å². The van der Waals surface area contributed by atoms with Crippen molar-refractivity contribution in [1.29, 1.82) is 0 Å². The number of hydrogen-bond donors (Lipinski definition) is 2. The average Bonchev–Trinajstić information content (AvgIpc) is 2.73. The van der Waals surface area contributed by atoms with E-state index in [1.165, 1.54) is 0 Å². The summed E-state index contributed by atoms with van der Waals surface area (Å²) >= 11 is 6.41. The van der Waals surface area contributed by atoms with Gasteiger partial charge >= 0.3 is 0 Å². The minimum Gasteiger partial charge on any atom is -0.490 e. The molecule has 3 atom stereocenters. The highest BCUT2D eigenvalue weighted by Crippen LogP contribution is 2.34. The molecule has 2 aromatic carbocycles. The molecule has 30 heavy (non-hydrogen) atoms. The molecule has 2 heterocycles. The summed E-state index contributed by atoms with van der Waals surface area (Å²) in [4.78, 5) is 0. The molecule has 5 nitrogen and oxygen atoms in total. The summed E-state index contributed by atoms with van der Waals surface area (Å²) < 4.78 is 30.3. The molecular formula is C23H26ClFO5. The van der Waals surface area contributed by atoms with E-state index in [1.54, 1.807) is 0 Å². The highest BCUT2D eigenvalue weighted by molar-refractivity contribution is 6.31. The number of halogens is 2. The maximum atomic E-state index is 14.0. The molecule has 162 valence electrons. The lowest BCUT2D eigenvalue weighted by Gasteiger charge is -2.33. The molecule has 0 aliphatic carbocycles. The second-order valence-electron chi connectivity index (χ2n) is 8.16. The minimum absolute atomic E-state index is 0.0116. The van der Waals surface area contributed by atoms with Crippen LogP contribution in [0, 0.1) is 0 Å². The van der Waals surface area contributed by atoms with Crippen LogP contribution in [0.25, 0.3) is 0 Å². The van der Waals surface area contributed by atoms with Crippen LogP contribution in [0.5, 0.6) is 5.75 Å². The lowest BCUT2D eigenvalue weighted by molar-refractivity contribution is -0.146. The smallest absolute Gasteiger partial charge is 0.190 e. The molecule has 0 spiro atoms. The third-order valence-electron chi connectivity index (χ3n) is 5.56. The molecule has 0 aromatic heterocycles. The molecule has 2 fully saturated rings. The first-order valence-electron chi connectivity index (χ1n) is 10.2. The summed E-state index contributed by atoms with van der Waals surface area (Å²) in [5, 5.41) is 20.1. The van der Waals surface area contributed by atoms with Gasteiger partial charge in [0.2, 0.25) is 0 Å². The Morgan fingerprint density at radius 2 is 1.90 bits per heavy atom. The zero-order chi connectivity index (χ0) is 21.1. The van der Waals surface area contributed by atoms with Crippen molar-refractivity contribution >= 4 is 11.6 Å². The minimum atomic E-state index is -1.38. The first kappa shape index (κ1) is 21.5. The maximum absolute atomic E-state index is 14.0. The van der Waals surface area contributed by atoms with Crippen molar-refractivity contribution in [3.8, 4) is 5.75 Å². The number of aliphatic hydroxyl groups excluding tert-OH is 2. The van der Waals surface area contributed by atoms with Crippen molar-refractivity contribution in [2.45, 2.75) is 43.2 Å². The molecule has 0 amide bonds. The number of rotatable bonds is 7. The molecular weight excluding hydrogens is 411 g/mol. The van der Waals surface area contributed by atoms with Gasteiger partial charge in [-0.05, 0) is 41.3 Å². The molecule has 2 aliphatic rings. The van der Waals surface area contributed by atoms with Crippen LogP contribution in [0.3, 0.4) is 0 Å². The number of alkyl halides is 1. The molecule has 0 saturated carbocycles. The summed E-state index contributed by atoms with van der Waals surface area (Å²) in [6, 6.07) is 13.2. The first-order chi connectivity index (χ1) is 14.4. The third-order valence-corrected chi connectivity index (χ3v) is 5.93. The van der Waals surface area contributed by atoms with Crippen LogP contribution < -0.4 is 4.74 Å². The van der Waals surface area contributed by atoms with E-state index in [0.717, 1.165) is 16.7 Å². The van der Waals surface area contributed by atoms with E-state index in [1.807, 2.05) is 42.5 Å². The van der Waals surface area contributed by atoms with Crippen molar-refractivity contribution in [2.24, 2.45) is 0 Å². The molecule has 2 N–H and O–H groups in total. The zero-order valence-electron chi connectivity index (χ0n) is 16.6. The fourth-order valence-electron chi connectivity index (χ4n) is 3.80. The Labute approximate surface area is 180 Å². The Balaban J connectivity index is 1.42. The van der Waals surface area contributed by atoms with Gasteiger partial charge in [0, 0.05) is 17.9 Å². The average molecular weight is 437 g/mol. The Morgan fingerprint density at radius 1 is 1.13 bits per heavy atom. The van der Waals surface area contributed by atoms with E-state index in [-0.39, 0.29) is 38.6 Å². The number of hydrogen-bond acceptors (Lipinski definition) is 5. The fourth-order valence-corrected chi connectivity index (χ4v) is 3.98. The molecule has 4 rings (SSSR count). The van der Waals surface area contributed by atoms with Gasteiger partial charge in [-0.15, -0.1) is 0 Å². The van der Waals surface area contributed by atoms with Crippen molar-refractivity contribution in [3.63, 3.8) is 0 Å². The highest BCUT2D eigenvalue weighted by atomic mass is 35.5. The molecule has 2 unspecified atom stereocenters. The van der Waals surface area contributed by atoms with Crippen LogP contribution in [-0.4, -0.2) is 54.5 Å². The van der Waals surface area contributed by atoms with Crippen LogP contribution >= 0.6 is 11.6 Å². The van der Waals surface area contributed by atoms with Crippen LogP contribution in [-0.2, 0) is 15.9 Å². The lowest BCUT2D eigenvalue weighted by atomic mass is 9.94. The van der Waals surface area contributed by atoms with Gasteiger partial charge in [-0.3, -0.25) is 0 Å². The van der Waals surface area contributed by atoms with Crippen LogP contribution in [0.4, 0.5) is 4.39 Å². The van der Waals surface area contributed by atoms with Crippen LogP contribution in [0.15, 0.2) is 42.5 Å². The molecule has 0 bridgehead atoms. The standard InChI is InChI=1S/C23H26ClFO5/c24-21-6-3-16(22-10-18(27)9-20(11-26)30-22)8-17(21)7-15-1-4-19(5-2-15)29-14-23(25)12-28-13-23/h1-6,8,18,20,22,26-27H,7,9-14H2/t18?,20?,22-/m1/s1. The van der Waals surface area contributed by atoms with E-state index in [2.05, 4.69) is 0 Å². The largest absolute Gasteiger partial charge is 0.490 e. The Morgan fingerprint density at radius 3 is 2.57 bits per heavy atom. The van der Waals surface area contributed by atoms with Gasteiger partial charge in [-0.1, -0.05) is 35.9 Å². The van der Waals surface area contributed by atoms with Crippen molar-refractivity contribution in [3.05, 3.63) is 64.2 Å². The summed E-state index contributed by atoms with van der Waals surface area (Å²) in [5.41, 5.74) is 1.54. The second-order valence-corrected chi connectivity index (χ2v) is 8.57. The van der Waals surface area contributed by atoms with E-state index in [4.69, 9.17) is 25.8 Å². The van der Waals surface area contributed by atoms with Gasteiger partial charge < -0.3 is 24.4 Å². The molecule has 2 saturated heterocycles. The number of aliphatic hydroxyl groups is 2.